The fourth-order valence-corrected chi connectivity index (χ4v) is 3.82. The Balaban J connectivity index is 2.01. The van der Waals surface area contributed by atoms with Crippen molar-refractivity contribution in [1.29, 1.82) is 0 Å². The second-order valence-corrected chi connectivity index (χ2v) is 7.66. The first-order valence-electron chi connectivity index (χ1n) is 7.54. The molecule has 0 aromatic heterocycles. The van der Waals surface area contributed by atoms with E-state index in [-0.39, 0.29) is 5.76 Å². The van der Waals surface area contributed by atoms with E-state index < -0.39 is 10.0 Å². The van der Waals surface area contributed by atoms with Gasteiger partial charge in [0.25, 0.3) is 0 Å². The molecule has 1 aromatic rings. The van der Waals surface area contributed by atoms with E-state index in [4.69, 9.17) is 0 Å². The van der Waals surface area contributed by atoms with E-state index in [0.29, 0.717) is 11.4 Å². The van der Waals surface area contributed by atoms with Crippen LogP contribution in [0.1, 0.15) is 6.42 Å². The van der Waals surface area contributed by atoms with Gasteiger partial charge >= 0.3 is 0 Å². The summed E-state index contributed by atoms with van der Waals surface area (Å²) in [5.74, 6) is 0.0330. The van der Waals surface area contributed by atoms with Gasteiger partial charge < -0.3 is 10.0 Å². The molecule has 0 saturated heterocycles. The highest BCUT2D eigenvalue weighted by atomic mass is 32.2. The van der Waals surface area contributed by atoms with Crippen LogP contribution >= 0.6 is 0 Å². The Labute approximate surface area is 140 Å². The van der Waals surface area contributed by atoms with Crippen molar-refractivity contribution in [2.75, 3.05) is 6.26 Å². The average Bonchev–Trinajstić information content (AvgIpc) is 2.53. The van der Waals surface area contributed by atoms with Gasteiger partial charge in [0, 0.05) is 23.2 Å². The summed E-state index contributed by atoms with van der Waals surface area (Å²) in [5.41, 5.74) is 3.09. The number of rotatable bonds is 2. The molecule has 1 aliphatic carbocycles. The SMILES string of the molecule is CS(=O)(=O)NC1=CN2C3=CC=CCC3=c3ccccc3=C2C(O)=C1. The maximum absolute atomic E-state index is 11.5. The lowest BCUT2D eigenvalue weighted by molar-refractivity contribution is 0.411. The van der Waals surface area contributed by atoms with Gasteiger partial charge in [-0.25, -0.2) is 8.42 Å². The molecule has 3 aliphatic rings. The van der Waals surface area contributed by atoms with Gasteiger partial charge in [-0.2, -0.15) is 0 Å². The van der Waals surface area contributed by atoms with Crippen LogP contribution < -0.4 is 15.2 Å². The van der Waals surface area contributed by atoms with Gasteiger partial charge in [0.1, 0.15) is 5.76 Å². The van der Waals surface area contributed by atoms with Gasteiger partial charge in [0.2, 0.25) is 10.0 Å². The fourth-order valence-electron chi connectivity index (χ4n) is 3.28. The number of hydrogen-bond acceptors (Lipinski definition) is 4. The van der Waals surface area contributed by atoms with Gasteiger partial charge in [-0.1, -0.05) is 36.4 Å². The van der Waals surface area contributed by atoms with Crippen molar-refractivity contribution in [2.45, 2.75) is 6.42 Å². The molecular weight excluding hydrogens is 324 g/mol. The van der Waals surface area contributed by atoms with Gasteiger partial charge in [-0.15, -0.1) is 0 Å². The van der Waals surface area contributed by atoms with Crippen molar-refractivity contribution in [3.8, 4) is 0 Å². The number of hydrogen-bond donors (Lipinski definition) is 2. The van der Waals surface area contributed by atoms with Gasteiger partial charge in [0.15, 0.2) is 0 Å². The predicted octanol–water partition coefficient (Wildman–Crippen LogP) is 0.951. The largest absolute Gasteiger partial charge is 0.506 e. The number of sulfonamides is 1. The number of aliphatic hydroxyl groups excluding tert-OH is 1. The van der Waals surface area contributed by atoms with Crippen LogP contribution in [-0.4, -0.2) is 24.7 Å². The van der Waals surface area contributed by atoms with E-state index in [1.54, 1.807) is 6.20 Å². The zero-order chi connectivity index (χ0) is 16.9. The minimum Gasteiger partial charge on any atom is -0.506 e. The Hall–Kier alpha value is -2.73. The molecule has 0 amide bonds. The highest BCUT2D eigenvalue weighted by molar-refractivity contribution is 7.88. The molecule has 2 N–H and O–H groups in total. The molecule has 122 valence electrons. The van der Waals surface area contributed by atoms with Crippen LogP contribution in [0.5, 0.6) is 0 Å². The summed E-state index contributed by atoms with van der Waals surface area (Å²) < 4.78 is 25.5. The third-order valence-corrected chi connectivity index (χ3v) is 4.74. The molecule has 0 unspecified atom stereocenters. The molecule has 0 spiro atoms. The van der Waals surface area contributed by atoms with Crippen molar-refractivity contribution in [3.63, 3.8) is 0 Å². The summed E-state index contributed by atoms with van der Waals surface area (Å²) in [6.45, 7) is 0. The van der Waals surface area contributed by atoms with Gasteiger partial charge in [-0.05, 0) is 23.3 Å². The lowest BCUT2D eigenvalue weighted by Crippen LogP contribution is -2.42. The normalized spacial score (nSPS) is 18.9. The summed E-state index contributed by atoms with van der Waals surface area (Å²) in [6, 6.07) is 7.92. The number of fused-ring (bicyclic) bond motifs is 4. The van der Waals surface area contributed by atoms with Crippen LogP contribution in [0.25, 0.3) is 11.3 Å². The highest BCUT2D eigenvalue weighted by Gasteiger charge is 2.28. The predicted molar refractivity (Wildman–Crippen MR) is 93.0 cm³/mol. The summed E-state index contributed by atoms with van der Waals surface area (Å²) >= 11 is 0. The van der Waals surface area contributed by atoms with Crippen LogP contribution in [0, 0.1) is 0 Å². The van der Waals surface area contributed by atoms with Crippen LogP contribution in [-0.2, 0) is 10.0 Å². The van der Waals surface area contributed by atoms with Crippen LogP contribution in [0.15, 0.2) is 71.9 Å². The molecule has 0 saturated carbocycles. The second kappa shape index (κ2) is 5.14. The average molecular weight is 340 g/mol. The van der Waals surface area contributed by atoms with Crippen molar-refractivity contribution < 1.29 is 13.5 Å². The Morgan fingerprint density at radius 1 is 1.21 bits per heavy atom. The monoisotopic (exact) mass is 340 g/mol. The molecule has 2 aliphatic heterocycles. The first-order valence-corrected chi connectivity index (χ1v) is 9.43. The number of benzene rings is 1. The molecule has 6 heteroatoms. The van der Waals surface area contributed by atoms with E-state index >= 15 is 0 Å². The Kier molecular flexibility index (Phi) is 3.18. The van der Waals surface area contributed by atoms with E-state index in [0.717, 1.165) is 34.4 Å². The zero-order valence-corrected chi connectivity index (χ0v) is 13.8. The molecule has 0 radical (unpaired) electrons. The smallest absolute Gasteiger partial charge is 0.229 e. The summed E-state index contributed by atoms with van der Waals surface area (Å²) in [6.07, 6.45) is 11.0. The van der Waals surface area contributed by atoms with Crippen molar-refractivity contribution >= 4 is 21.3 Å². The van der Waals surface area contributed by atoms with Crippen LogP contribution in [0.4, 0.5) is 0 Å². The van der Waals surface area contributed by atoms with Crippen molar-refractivity contribution in [1.82, 2.24) is 9.62 Å². The summed E-state index contributed by atoms with van der Waals surface area (Å²) in [4.78, 5) is 1.85. The third kappa shape index (κ3) is 2.35. The first kappa shape index (κ1) is 14.8. The molecule has 24 heavy (non-hydrogen) atoms. The van der Waals surface area contributed by atoms with E-state index in [1.807, 2.05) is 41.3 Å². The maximum atomic E-state index is 11.5. The Morgan fingerprint density at radius 2 is 1.96 bits per heavy atom. The zero-order valence-electron chi connectivity index (χ0n) is 13.0. The molecule has 1 aromatic carbocycles. The first-order chi connectivity index (χ1) is 11.4. The topological polar surface area (TPSA) is 69.6 Å². The lowest BCUT2D eigenvalue weighted by atomic mass is 9.93. The van der Waals surface area contributed by atoms with E-state index in [9.17, 15) is 13.5 Å². The molecular formula is C18H16N2O3S. The lowest BCUT2D eigenvalue weighted by Gasteiger charge is -2.34. The summed E-state index contributed by atoms with van der Waals surface area (Å²) in [5, 5.41) is 12.6. The molecule has 2 heterocycles. The Morgan fingerprint density at radius 3 is 2.71 bits per heavy atom. The quantitative estimate of drug-likeness (QED) is 0.841. The van der Waals surface area contributed by atoms with Crippen molar-refractivity contribution in [3.05, 3.63) is 82.4 Å². The standard InChI is InChI=1S/C18H16N2O3S/c1-24(22,23)19-12-10-17(21)18-15-8-3-2-6-13(15)14-7-4-5-9-16(14)20(18)11-12/h2-6,8-11,19,21H,7H2,1H3. The van der Waals surface area contributed by atoms with Crippen LogP contribution in [0.3, 0.4) is 0 Å². The molecule has 0 atom stereocenters. The van der Waals surface area contributed by atoms with Crippen molar-refractivity contribution in [2.24, 2.45) is 0 Å². The second-order valence-electron chi connectivity index (χ2n) is 5.92. The van der Waals surface area contributed by atoms with Gasteiger partial charge in [0.05, 0.1) is 17.6 Å². The fraction of sp³-hybridized carbons (Fsp3) is 0.111. The minimum absolute atomic E-state index is 0.0330. The molecule has 0 bridgehead atoms. The van der Waals surface area contributed by atoms with Crippen LogP contribution in [0.2, 0.25) is 0 Å². The Bertz CT molecular complexity index is 1090. The van der Waals surface area contributed by atoms with E-state index in [1.165, 1.54) is 6.08 Å². The summed E-state index contributed by atoms with van der Waals surface area (Å²) in [7, 11) is -3.42. The highest BCUT2D eigenvalue weighted by Crippen LogP contribution is 2.34. The van der Waals surface area contributed by atoms with Gasteiger partial charge in [-0.3, -0.25) is 4.72 Å². The molecule has 4 rings (SSSR count). The van der Waals surface area contributed by atoms with E-state index in [2.05, 4.69) is 10.8 Å². The number of aliphatic hydroxyl groups is 1. The maximum Gasteiger partial charge on any atom is 0.229 e. The number of nitrogens with one attached hydrogen (secondary N) is 1. The molecule has 5 nitrogen and oxygen atoms in total. The number of nitrogens with zero attached hydrogens (tertiary/aromatic N) is 1. The minimum atomic E-state index is -3.42. The molecule has 0 fully saturated rings. The third-order valence-electron chi connectivity index (χ3n) is 4.14. The number of allylic oxidation sites excluding steroid dienone is 5.